The van der Waals surface area contributed by atoms with Crippen LogP contribution in [0.2, 0.25) is 0 Å². The van der Waals surface area contributed by atoms with E-state index in [2.05, 4.69) is 58.9 Å². The average molecular weight is 315 g/mol. The molecule has 128 valence electrons. The van der Waals surface area contributed by atoms with Crippen LogP contribution in [0.25, 0.3) is 6.08 Å². The summed E-state index contributed by atoms with van der Waals surface area (Å²) in [6.07, 6.45) is 13.6. The maximum Gasteiger partial charge on any atom is 0.119 e. The predicted molar refractivity (Wildman–Crippen MR) is 103 cm³/mol. The van der Waals surface area contributed by atoms with Gasteiger partial charge in [-0.3, -0.25) is 0 Å². The third-order valence-electron chi connectivity index (χ3n) is 4.30. The highest BCUT2D eigenvalue weighted by Crippen LogP contribution is 2.25. The molecule has 1 aromatic rings. The summed E-state index contributed by atoms with van der Waals surface area (Å²) in [5, 5.41) is 10.2. The summed E-state index contributed by atoms with van der Waals surface area (Å²) in [7, 11) is 0. The van der Waals surface area contributed by atoms with Crippen molar-refractivity contribution in [3.05, 3.63) is 46.5 Å². The summed E-state index contributed by atoms with van der Waals surface area (Å²) in [6, 6.07) is 4.08. The molecule has 1 heteroatoms. The molecule has 0 spiro atoms. The molecule has 0 aliphatic carbocycles. The minimum Gasteiger partial charge on any atom is -0.508 e. The number of aromatic hydroxyl groups is 1. The second kappa shape index (κ2) is 10.3. The van der Waals surface area contributed by atoms with Crippen LogP contribution >= 0.6 is 0 Å². The molecule has 0 saturated heterocycles. The van der Waals surface area contributed by atoms with Gasteiger partial charge in [-0.15, -0.1) is 0 Å². The van der Waals surface area contributed by atoms with Crippen molar-refractivity contribution in [2.45, 2.75) is 73.1 Å². The Kier molecular flexibility index (Phi) is 8.76. The first-order valence-electron chi connectivity index (χ1n) is 9.08. The van der Waals surface area contributed by atoms with Gasteiger partial charge in [0.25, 0.3) is 0 Å². The Balaban J connectivity index is 2.67. The zero-order chi connectivity index (χ0) is 17.2. The Morgan fingerprint density at radius 3 is 2.61 bits per heavy atom. The normalized spacial score (nSPS) is 12.6. The minimum absolute atomic E-state index is 0.448. The molecule has 0 aliphatic heterocycles. The quantitative estimate of drug-likeness (QED) is 0.391. The molecule has 0 aliphatic rings. The molecule has 23 heavy (non-hydrogen) atoms. The SMILES string of the molecule is CCCCCc1cc(C)c(/C=C\C(C)CCC=C(C)C)cc1O. The number of aryl methyl sites for hydroxylation is 2. The highest BCUT2D eigenvalue weighted by molar-refractivity contribution is 5.58. The van der Waals surface area contributed by atoms with E-state index in [-0.39, 0.29) is 0 Å². The molecule has 1 aromatic carbocycles. The van der Waals surface area contributed by atoms with Gasteiger partial charge in [0.05, 0.1) is 0 Å². The van der Waals surface area contributed by atoms with Crippen LogP contribution in [-0.2, 0) is 6.42 Å². The fraction of sp³-hybridized carbons (Fsp3) is 0.545. The Morgan fingerprint density at radius 1 is 1.22 bits per heavy atom. The molecule has 1 rings (SSSR count). The molecule has 0 aromatic heterocycles. The second-order valence-corrected chi connectivity index (χ2v) is 6.99. The fourth-order valence-corrected chi connectivity index (χ4v) is 2.72. The van der Waals surface area contributed by atoms with Gasteiger partial charge in [-0.25, -0.2) is 0 Å². The number of phenolic OH excluding ortho intramolecular Hbond substituents is 1. The predicted octanol–water partition coefficient (Wildman–Crippen LogP) is 6.83. The van der Waals surface area contributed by atoms with Gasteiger partial charge in [0.1, 0.15) is 5.75 Å². The van der Waals surface area contributed by atoms with Gasteiger partial charge in [0.15, 0.2) is 0 Å². The summed E-state index contributed by atoms with van der Waals surface area (Å²) >= 11 is 0. The van der Waals surface area contributed by atoms with Crippen molar-refractivity contribution in [1.29, 1.82) is 0 Å². The van der Waals surface area contributed by atoms with Crippen molar-refractivity contribution in [2.75, 3.05) is 0 Å². The van der Waals surface area contributed by atoms with Crippen LogP contribution in [0.4, 0.5) is 0 Å². The lowest BCUT2D eigenvalue weighted by Crippen LogP contribution is -1.92. The largest absolute Gasteiger partial charge is 0.508 e. The number of phenols is 1. The molecule has 0 saturated carbocycles. The number of benzene rings is 1. The van der Waals surface area contributed by atoms with Crippen molar-refractivity contribution in [3.8, 4) is 5.75 Å². The first-order chi connectivity index (χ1) is 10.9. The van der Waals surface area contributed by atoms with Gasteiger partial charge in [0.2, 0.25) is 0 Å². The maximum atomic E-state index is 10.2. The zero-order valence-electron chi connectivity index (χ0n) is 15.7. The van der Waals surface area contributed by atoms with Crippen LogP contribution < -0.4 is 0 Å². The summed E-state index contributed by atoms with van der Waals surface area (Å²) in [6.45, 7) is 10.9. The van der Waals surface area contributed by atoms with Gasteiger partial charge in [-0.1, -0.05) is 56.6 Å². The standard InChI is InChI=1S/C22H34O/c1-6-7-8-12-21-15-19(5)20(16-22(21)23)14-13-18(4)11-9-10-17(2)3/h10,13-16,18,23H,6-9,11-12H2,1-5H3/b14-13-. The molecule has 1 N–H and O–H groups in total. The Morgan fingerprint density at radius 2 is 1.96 bits per heavy atom. The second-order valence-electron chi connectivity index (χ2n) is 6.99. The van der Waals surface area contributed by atoms with E-state index >= 15 is 0 Å². The van der Waals surface area contributed by atoms with Crippen molar-refractivity contribution < 1.29 is 5.11 Å². The number of allylic oxidation sites excluding steroid dienone is 3. The Labute approximate surface area is 143 Å². The third-order valence-corrected chi connectivity index (χ3v) is 4.30. The van der Waals surface area contributed by atoms with E-state index < -0.39 is 0 Å². The summed E-state index contributed by atoms with van der Waals surface area (Å²) in [4.78, 5) is 0. The Hall–Kier alpha value is -1.50. The van der Waals surface area contributed by atoms with E-state index in [1.807, 2.05) is 6.07 Å². The van der Waals surface area contributed by atoms with E-state index in [0.29, 0.717) is 11.7 Å². The minimum atomic E-state index is 0.448. The van der Waals surface area contributed by atoms with Crippen molar-refractivity contribution in [3.63, 3.8) is 0 Å². The average Bonchev–Trinajstić information content (AvgIpc) is 2.48. The highest BCUT2D eigenvalue weighted by Gasteiger charge is 2.05. The van der Waals surface area contributed by atoms with Crippen molar-refractivity contribution >= 4 is 6.08 Å². The van der Waals surface area contributed by atoms with Gasteiger partial charge in [0, 0.05) is 0 Å². The maximum absolute atomic E-state index is 10.2. The van der Waals surface area contributed by atoms with Crippen LogP contribution in [0, 0.1) is 12.8 Å². The number of rotatable bonds is 9. The van der Waals surface area contributed by atoms with Crippen LogP contribution in [0.5, 0.6) is 5.75 Å². The molecule has 1 unspecified atom stereocenters. The lowest BCUT2D eigenvalue weighted by molar-refractivity contribution is 0.466. The fourth-order valence-electron chi connectivity index (χ4n) is 2.72. The van der Waals surface area contributed by atoms with Crippen LogP contribution in [0.3, 0.4) is 0 Å². The molecule has 0 heterocycles. The van der Waals surface area contributed by atoms with Gasteiger partial charge in [-0.05, 0) is 75.1 Å². The van der Waals surface area contributed by atoms with Crippen LogP contribution in [0.15, 0.2) is 29.9 Å². The van der Waals surface area contributed by atoms with Gasteiger partial charge in [-0.2, -0.15) is 0 Å². The summed E-state index contributed by atoms with van der Waals surface area (Å²) < 4.78 is 0. The van der Waals surface area contributed by atoms with Gasteiger partial charge >= 0.3 is 0 Å². The first-order valence-corrected chi connectivity index (χ1v) is 9.08. The van der Waals surface area contributed by atoms with E-state index in [1.54, 1.807) is 0 Å². The van der Waals surface area contributed by atoms with Crippen LogP contribution in [-0.4, -0.2) is 5.11 Å². The van der Waals surface area contributed by atoms with Crippen molar-refractivity contribution in [2.24, 2.45) is 5.92 Å². The summed E-state index contributed by atoms with van der Waals surface area (Å²) in [5.74, 6) is 1.000. The van der Waals surface area contributed by atoms with E-state index in [4.69, 9.17) is 0 Å². The monoisotopic (exact) mass is 314 g/mol. The topological polar surface area (TPSA) is 20.2 Å². The van der Waals surface area contributed by atoms with E-state index in [0.717, 1.165) is 30.4 Å². The highest BCUT2D eigenvalue weighted by atomic mass is 16.3. The van der Waals surface area contributed by atoms with Crippen molar-refractivity contribution in [1.82, 2.24) is 0 Å². The molecule has 0 radical (unpaired) electrons. The first kappa shape index (κ1) is 19.5. The number of hydrogen-bond acceptors (Lipinski definition) is 1. The van der Waals surface area contributed by atoms with E-state index in [9.17, 15) is 5.11 Å². The molecule has 1 atom stereocenters. The smallest absolute Gasteiger partial charge is 0.119 e. The van der Waals surface area contributed by atoms with E-state index in [1.165, 1.54) is 30.4 Å². The zero-order valence-corrected chi connectivity index (χ0v) is 15.7. The van der Waals surface area contributed by atoms with Crippen LogP contribution in [0.1, 0.15) is 76.5 Å². The van der Waals surface area contributed by atoms with Gasteiger partial charge < -0.3 is 5.11 Å². The third kappa shape index (κ3) is 7.54. The molecular formula is C22H34O. The molecule has 0 amide bonds. The lowest BCUT2D eigenvalue weighted by atomic mass is 9.97. The molecular weight excluding hydrogens is 280 g/mol. The Bertz CT molecular complexity index is 533. The lowest BCUT2D eigenvalue weighted by Gasteiger charge is -2.10. The molecule has 0 bridgehead atoms. The number of hydrogen-bond donors (Lipinski definition) is 1. The molecule has 0 fully saturated rings. The summed E-state index contributed by atoms with van der Waals surface area (Å²) in [5.41, 5.74) is 4.86. The number of unbranched alkanes of at least 4 members (excludes halogenated alkanes) is 2. The molecule has 1 nitrogen and oxygen atoms in total.